The van der Waals surface area contributed by atoms with E-state index in [-0.39, 0.29) is 24.5 Å². The second-order valence-corrected chi connectivity index (χ2v) is 6.07. The van der Waals surface area contributed by atoms with Crippen LogP contribution in [-0.4, -0.2) is 41.9 Å². The summed E-state index contributed by atoms with van der Waals surface area (Å²) in [4.78, 5) is 37.0. The number of carbonyl (C=O) groups excluding carboxylic acids is 3. The zero-order valence-electron chi connectivity index (χ0n) is 14.2. The second kappa shape index (κ2) is 8.47. The molecular weight excluding hydrogens is 308 g/mol. The van der Waals surface area contributed by atoms with Gasteiger partial charge >= 0.3 is 5.97 Å². The van der Waals surface area contributed by atoms with Gasteiger partial charge in [-0.3, -0.25) is 9.59 Å². The van der Waals surface area contributed by atoms with Gasteiger partial charge in [-0.05, 0) is 37.5 Å². The fourth-order valence-corrected chi connectivity index (χ4v) is 2.47. The normalized spacial score (nSPS) is 15.2. The summed E-state index contributed by atoms with van der Waals surface area (Å²) in [6.45, 7) is 4.92. The minimum Gasteiger partial charge on any atom is -0.452 e. The third kappa shape index (κ3) is 5.08. The lowest BCUT2D eigenvalue weighted by Crippen LogP contribution is -2.35. The first kappa shape index (κ1) is 18.0. The van der Waals surface area contributed by atoms with Crippen LogP contribution in [0.15, 0.2) is 24.3 Å². The fourth-order valence-electron chi connectivity index (χ4n) is 2.47. The van der Waals surface area contributed by atoms with E-state index in [9.17, 15) is 14.4 Å². The molecule has 1 aliphatic rings. The molecule has 1 atom stereocenters. The molecule has 1 fully saturated rings. The van der Waals surface area contributed by atoms with E-state index in [0.717, 1.165) is 24.9 Å². The molecule has 130 valence electrons. The minimum atomic E-state index is -0.530. The number of nitrogens with one attached hydrogen (secondary N) is 1. The highest BCUT2D eigenvalue weighted by Crippen LogP contribution is 2.15. The van der Waals surface area contributed by atoms with E-state index in [4.69, 9.17) is 4.74 Å². The molecule has 2 rings (SSSR count). The summed E-state index contributed by atoms with van der Waals surface area (Å²) >= 11 is 0. The Morgan fingerprint density at radius 3 is 2.58 bits per heavy atom. The van der Waals surface area contributed by atoms with Gasteiger partial charge in [0.1, 0.15) is 0 Å². The van der Waals surface area contributed by atoms with Crippen molar-refractivity contribution in [3.05, 3.63) is 35.4 Å². The lowest BCUT2D eigenvalue weighted by molar-refractivity contribution is -0.128. The van der Waals surface area contributed by atoms with Crippen LogP contribution in [0.5, 0.6) is 0 Å². The molecule has 0 spiro atoms. The van der Waals surface area contributed by atoms with Crippen molar-refractivity contribution >= 4 is 17.8 Å². The summed E-state index contributed by atoms with van der Waals surface area (Å²) in [6, 6.07) is 6.99. The van der Waals surface area contributed by atoms with Gasteiger partial charge in [0.25, 0.3) is 5.91 Å². The molecule has 0 radical (unpaired) electrons. The quantitative estimate of drug-likeness (QED) is 0.774. The van der Waals surface area contributed by atoms with E-state index in [1.54, 1.807) is 24.3 Å². The molecule has 0 aliphatic carbocycles. The van der Waals surface area contributed by atoms with Gasteiger partial charge in [-0.25, -0.2) is 4.79 Å². The SMILES string of the molecule is CC[C@H](C)NC(=O)COC(=O)c1ccc(CN2CCCC2=O)cc1. The molecule has 6 heteroatoms. The highest BCUT2D eigenvalue weighted by atomic mass is 16.5. The third-order valence-electron chi connectivity index (χ3n) is 4.09. The van der Waals surface area contributed by atoms with Gasteiger partial charge in [0, 0.05) is 25.6 Å². The van der Waals surface area contributed by atoms with Crippen molar-refractivity contribution in [1.29, 1.82) is 0 Å². The van der Waals surface area contributed by atoms with Gasteiger partial charge in [-0.15, -0.1) is 0 Å². The molecule has 2 amide bonds. The van der Waals surface area contributed by atoms with Crippen LogP contribution in [0, 0.1) is 0 Å². The van der Waals surface area contributed by atoms with Gasteiger partial charge in [0.15, 0.2) is 6.61 Å². The fraction of sp³-hybridized carbons (Fsp3) is 0.500. The second-order valence-electron chi connectivity index (χ2n) is 6.07. The molecular formula is C18H24N2O4. The number of esters is 1. The van der Waals surface area contributed by atoms with Crippen molar-refractivity contribution in [2.45, 2.75) is 45.7 Å². The number of carbonyl (C=O) groups is 3. The molecule has 0 aromatic heterocycles. The summed E-state index contributed by atoms with van der Waals surface area (Å²) in [5.74, 6) is -0.661. The highest BCUT2D eigenvalue weighted by Gasteiger charge is 2.20. The number of nitrogens with zero attached hydrogens (tertiary/aromatic N) is 1. The Morgan fingerprint density at radius 2 is 2.00 bits per heavy atom. The van der Waals surface area contributed by atoms with Crippen molar-refractivity contribution in [2.75, 3.05) is 13.2 Å². The summed E-state index contributed by atoms with van der Waals surface area (Å²) < 4.78 is 5.01. The number of likely N-dealkylation sites (tertiary alicyclic amines) is 1. The lowest BCUT2D eigenvalue weighted by Gasteiger charge is -2.15. The van der Waals surface area contributed by atoms with Crippen LogP contribution >= 0.6 is 0 Å². The summed E-state index contributed by atoms with van der Waals surface area (Å²) in [6.07, 6.45) is 2.34. The largest absolute Gasteiger partial charge is 0.452 e. The van der Waals surface area contributed by atoms with E-state index in [1.165, 1.54) is 0 Å². The van der Waals surface area contributed by atoms with Crippen LogP contribution in [0.1, 0.15) is 49.0 Å². The predicted molar refractivity (Wildman–Crippen MR) is 89.3 cm³/mol. The van der Waals surface area contributed by atoms with E-state index in [1.807, 2.05) is 18.7 Å². The van der Waals surface area contributed by atoms with E-state index in [2.05, 4.69) is 5.32 Å². The van der Waals surface area contributed by atoms with Crippen molar-refractivity contribution in [1.82, 2.24) is 10.2 Å². The predicted octanol–water partition coefficient (Wildman–Crippen LogP) is 1.88. The van der Waals surface area contributed by atoms with Gasteiger partial charge in [-0.2, -0.15) is 0 Å². The third-order valence-corrected chi connectivity index (χ3v) is 4.09. The van der Waals surface area contributed by atoms with Crippen LogP contribution in [0.2, 0.25) is 0 Å². The standard InChI is InChI=1S/C18H24N2O4/c1-3-13(2)19-16(21)12-24-18(23)15-8-6-14(7-9-15)11-20-10-4-5-17(20)22/h6-9,13H,3-5,10-12H2,1-2H3,(H,19,21)/t13-/m0/s1. The maximum absolute atomic E-state index is 11.9. The Balaban J connectivity index is 1.82. The number of hydrogen-bond donors (Lipinski definition) is 1. The van der Waals surface area contributed by atoms with E-state index < -0.39 is 5.97 Å². The lowest BCUT2D eigenvalue weighted by atomic mass is 10.1. The zero-order chi connectivity index (χ0) is 17.5. The Hall–Kier alpha value is -2.37. The molecule has 0 bridgehead atoms. The number of amides is 2. The van der Waals surface area contributed by atoms with Crippen LogP contribution in [0.4, 0.5) is 0 Å². The Labute approximate surface area is 142 Å². The topological polar surface area (TPSA) is 75.7 Å². The molecule has 0 saturated carbocycles. The Bertz CT molecular complexity index is 598. The van der Waals surface area contributed by atoms with Crippen molar-refractivity contribution in [3.8, 4) is 0 Å². The van der Waals surface area contributed by atoms with Crippen LogP contribution < -0.4 is 5.32 Å². The Kier molecular flexibility index (Phi) is 6.35. The Morgan fingerprint density at radius 1 is 1.29 bits per heavy atom. The molecule has 1 saturated heterocycles. The molecule has 1 N–H and O–H groups in total. The molecule has 0 unspecified atom stereocenters. The molecule has 1 aromatic carbocycles. The van der Waals surface area contributed by atoms with Gasteiger partial charge < -0.3 is 15.0 Å². The molecule has 1 heterocycles. The van der Waals surface area contributed by atoms with Crippen molar-refractivity contribution < 1.29 is 19.1 Å². The van der Waals surface area contributed by atoms with Crippen LogP contribution in [0.3, 0.4) is 0 Å². The van der Waals surface area contributed by atoms with E-state index >= 15 is 0 Å². The van der Waals surface area contributed by atoms with Gasteiger partial charge in [-0.1, -0.05) is 19.1 Å². The summed E-state index contributed by atoms with van der Waals surface area (Å²) in [7, 11) is 0. The van der Waals surface area contributed by atoms with Crippen molar-refractivity contribution in [2.24, 2.45) is 0 Å². The van der Waals surface area contributed by atoms with Gasteiger partial charge in [0.2, 0.25) is 5.91 Å². The van der Waals surface area contributed by atoms with Crippen LogP contribution in [-0.2, 0) is 20.9 Å². The average molecular weight is 332 g/mol. The maximum atomic E-state index is 11.9. The van der Waals surface area contributed by atoms with E-state index in [0.29, 0.717) is 18.5 Å². The molecule has 6 nitrogen and oxygen atoms in total. The summed E-state index contributed by atoms with van der Waals surface area (Å²) in [5.41, 5.74) is 1.36. The van der Waals surface area contributed by atoms with Crippen LogP contribution in [0.25, 0.3) is 0 Å². The zero-order valence-corrected chi connectivity index (χ0v) is 14.2. The average Bonchev–Trinajstić information content (AvgIpc) is 2.98. The minimum absolute atomic E-state index is 0.0591. The number of rotatable bonds is 7. The number of benzene rings is 1. The number of hydrogen-bond acceptors (Lipinski definition) is 4. The number of ether oxygens (including phenoxy) is 1. The molecule has 1 aromatic rings. The van der Waals surface area contributed by atoms with Gasteiger partial charge in [0.05, 0.1) is 5.56 Å². The first-order chi connectivity index (χ1) is 11.5. The molecule has 24 heavy (non-hydrogen) atoms. The van der Waals surface area contributed by atoms with Crippen molar-refractivity contribution in [3.63, 3.8) is 0 Å². The monoisotopic (exact) mass is 332 g/mol. The molecule has 1 aliphatic heterocycles. The first-order valence-electron chi connectivity index (χ1n) is 8.32. The maximum Gasteiger partial charge on any atom is 0.338 e. The highest BCUT2D eigenvalue weighted by molar-refractivity contribution is 5.91. The first-order valence-corrected chi connectivity index (χ1v) is 8.32. The summed E-state index contributed by atoms with van der Waals surface area (Å²) in [5, 5.41) is 2.74. The smallest absolute Gasteiger partial charge is 0.338 e.